The molecule has 0 saturated carbocycles. The Labute approximate surface area is 104 Å². The van der Waals surface area contributed by atoms with Gasteiger partial charge in [0.1, 0.15) is 12.1 Å². The van der Waals surface area contributed by atoms with Crippen molar-refractivity contribution in [3.63, 3.8) is 0 Å². The molecule has 2 rings (SSSR count). The largest absolute Gasteiger partial charge is 0.342 e. The summed E-state index contributed by atoms with van der Waals surface area (Å²) in [6.07, 6.45) is 1.89. The predicted octanol–water partition coefficient (Wildman–Crippen LogP) is -0.457. The fourth-order valence-corrected chi connectivity index (χ4v) is 1.83. The lowest BCUT2D eigenvalue weighted by Gasteiger charge is -2.28. The molecular weight excluding hydrogens is 236 g/mol. The van der Waals surface area contributed by atoms with Gasteiger partial charge in [-0.25, -0.2) is 0 Å². The Hall–Kier alpha value is -1.85. The number of nitrogens with one attached hydrogen (secondary N) is 2. The number of piperazine rings is 1. The topological polar surface area (TPSA) is 58.2 Å². The summed E-state index contributed by atoms with van der Waals surface area (Å²) in [4.78, 5) is 23.3. The molecule has 17 heavy (non-hydrogen) atoms. The molecule has 0 bridgehead atoms. The van der Waals surface area contributed by atoms with E-state index in [1.165, 1.54) is 0 Å². The van der Waals surface area contributed by atoms with Gasteiger partial charge in [-0.3, -0.25) is 9.59 Å². The Kier molecular flexibility index (Phi) is 3.41. The van der Waals surface area contributed by atoms with Gasteiger partial charge in [0.25, 0.3) is 0 Å². The van der Waals surface area contributed by atoms with Crippen LogP contribution in [-0.4, -0.2) is 29.7 Å². The first kappa shape index (κ1) is 11.6. The van der Waals surface area contributed by atoms with E-state index in [0.717, 1.165) is 0 Å². The zero-order valence-corrected chi connectivity index (χ0v) is 9.80. The second-order valence-corrected chi connectivity index (χ2v) is 4.04. The molecular formula is C12H10N2O2S. The van der Waals surface area contributed by atoms with E-state index in [9.17, 15) is 9.59 Å². The summed E-state index contributed by atoms with van der Waals surface area (Å²) in [6.45, 7) is 0. The molecule has 0 spiro atoms. The van der Waals surface area contributed by atoms with E-state index >= 15 is 0 Å². The molecule has 2 N–H and O–H groups in total. The maximum absolute atomic E-state index is 11.7. The van der Waals surface area contributed by atoms with Gasteiger partial charge >= 0.3 is 0 Å². The van der Waals surface area contributed by atoms with Crippen molar-refractivity contribution in [1.29, 1.82) is 0 Å². The normalized spacial score (nSPS) is 25.6. The highest BCUT2D eigenvalue weighted by molar-refractivity contribution is 7.80. The molecule has 0 aromatic heterocycles. The molecule has 5 heteroatoms. The molecule has 0 aromatic carbocycles. The average Bonchev–Trinajstić information content (AvgIpc) is 2.34. The summed E-state index contributed by atoms with van der Waals surface area (Å²) >= 11 is 3.99. The van der Waals surface area contributed by atoms with Gasteiger partial charge in [0.2, 0.25) is 11.8 Å². The second-order valence-electron chi connectivity index (χ2n) is 3.67. The Bertz CT molecular complexity index is 528. The number of rotatable bonds is 3. The summed E-state index contributed by atoms with van der Waals surface area (Å²) in [7, 11) is 0. The lowest BCUT2D eigenvalue weighted by atomic mass is 10.0. The van der Waals surface area contributed by atoms with E-state index in [0.29, 0.717) is 12.0 Å². The van der Waals surface area contributed by atoms with Gasteiger partial charge in [-0.2, -0.15) is 12.6 Å². The van der Waals surface area contributed by atoms with Gasteiger partial charge in [0, 0.05) is 18.2 Å². The summed E-state index contributed by atoms with van der Waals surface area (Å²) in [6, 6.07) is -1.14. The van der Waals surface area contributed by atoms with Crippen LogP contribution in [-0.2, 0) is 9.59 Å². The van der Waals surface area contributed by atoms with Crippen LogP contribution in [0.3, 0.4) is 0 Å². The SMILES string of the molecule is O=C1N[C@H](CC2=C=C=CC#C2)C(=O)N[C@H]1CS. The molecule has 1 aliphatic heterocycles. The Morgan fingerprint density at radius 2 is 1.94 bits per heavy atom. The fraction of sp³-hybridized carbons (Fsp3) is 0.333. The Balaban J connectivity index is 2.07. The molecule has 1 heterocycles. The van der Waals surface area contributed by atoms with Gasteiger partial charge in [0.15, 0.2) is 0 Å². The van der Waals surface area contributed by atoms with E-state index < -0.39 is 12.1 Å². The molecule has 2 amide bonds. The zero-order chi connectivity index (χ0) is 12.3. The van der Waals surface area contributed by atoms with Crippen LogP contribution in [0, 0.1) is 11.8 Å². The van der Waals surface area contributed by atoms with Crippen molar-refractivity contribution < 1.29 is 9.59 Å². The highest BCUT2D eigenvalue weighted by Gasteiger charge is 2.32. The van der Waals surface area contributed by atoms with E-state index in [1.54, 1.807) is 6.08 Å². The van der Waals surface area contributed by atoms with E-state index in [1.807, 2.05) is 0 Å². The average molecular weight is 246 g/mol. The predicted molar refractivity (Wildman–Crippen MR) is 65.2 cm³/mol. The van der Waals surface area contributed by atoms with Crippen LogP contribution in [0.15, 0.2) is 23.1 Å². The molecule has 2 aliphatic rings. The monoisotopic (exact) mass is 246 g/mol. The lowest BCUT2D eigenvalue weighted by Crippen LogP contribution is -2.62. The Morgan fingerprint density at radius 1 is 1.24 bits per heavy atom. The minimum Gasteiger partial charge on any atom is -0.342 e. The van der Waals surface area contributed by atoms with Crippen LogP contribution in [0.25, 0.3) is 0 Å². The smallest absolute Gasteiger partial charge is 0.244 e. The van der Waals surface area contributed by atoms with Crippen molar-refractivity contribution in [1.82, 2.24) is 10.6 Å². The maximum Gasteiger partial charge on any atom is 0.244 e. The third kappa shape index (κ3) is 2.64. The number of carbonyl (C=O) groups is 2. The van der Waals surface area contributed by atoms with Gasteiger partial charge in [0.05, 0.1) is 5.57 Å². The van der Waals surface area contributed by atoms with Crippen LogP contribution in [0.2, 0.25) is 0 Å². The molecule has 4 nitrogen and oxygen atoms in total. The van der Waals surface area contributed by atoms with Crippen LogP contribution < -0.4 is 10.6 Å². The van der Waals surface area contributed by atoms with E-state index in [2.05, 4.69) is 46.6 Å². The first-order valence-electron chi connectivity index (χ1n) is 5.13. The molecule has 1 fully saturated rings. The van der Waals surface area contributed by atoms with Gasteiger partial charge in [-0.15, -0.1) is 0 Å². The van der Waals surface area contributed by atoms with Crippen molar-refractivity contribution in [2.75, 3.05) is 5.75 Å². The minimum absolute atomic E-state index is 0.214. The minimum atomic E-state index is -0.588. The fourth-order valence-electron chi connectivity index (χ4n) is 1.57. The summed E-state index contributed by atoms with van der Waals surface area (Å²) in [5.74, 6) is 5.41. The molecule has 0 radical (unpaired) electrons. The lowest BCUT2D eigenvalue weighted by molar-refractivity contribution is -0.136. The quantitative estimate of drug-likeness (QED) is 0.359. The molecule has 1 aliphatic carbocycles. The number of allylic oxidation sites excluding steroid dienone is 1. The van der Waals surface area contributed by atoms with Crippen molar-refractivity contribution in [2.45, 2.75) is 18.5 Å². The third-order valence-electron chi connectivity index (χ3n) is 2.45. The highest BCUT2D eigenvalue weighted by Crippen LogP contribution is 2.09. The maximum atomic E-state index is 11.7. The van der Waals surface area contributed by atoms with Crippen LogP contribution >= 0.6 is 12.6 Å². The van der Waals surface area contributed by atoms with E-state index in [4.69, 9.17) is 0 Å². The zero-order valence-electron chi connectivity index (χ0n) is 8.91. The molecule has 0 aromatic rings. The van der Waals surface area contributed by atoms with Crippen molar-refractivity contribution in [3.05, 3.63) is 23.1 Å². The summed E-state index contributed by atoms with van der Waals surface area (Å²) < 4.78 is 0. The van der Waals surface area contributed by atoms with Crippen LogP contribution in [0.1, 0.15) is 6.42 Å². The second kappa shape index (κ2) is 4.99. The molecule has 1 saturated heterocycles. The number of carbonyl (C=O) groups excluding carboxylic acids is 2. The van der Waals surface area contributed by atoms with Crippen LogP contribution in [0.4, 0.5) is 0 Å². The van der Waals surface area contributed by atoms with Crippen LogP contribution in [0.5, 0.6) is 0 Å². The number of thiol groups is 1. The molecule has 86 valence electrons. The Morgan fingerprint density at radius 3 is 2.59 bits per heavy atom. The first-order valence-corrected chi connectivity index (χ1v) is 5.76. The van der Waals surface area contributed by atoms with Gasteiger partial charge in [-0.05, 0) is 0 Å². The van der Waals surface area contributed by atoms with Crippen molar-refractivity contribution in [3.8, 4) is 11.8 Å². The van der Waals surface area contributed by atoms with Gasteiger partial charge < -0.3 is 10.6 Å². The molecule has 2 atom stereocenters. The standard InChI is InChI=1S/C12H10N2O2S/c15-11-9(6-8-4-2-1-3-5-8)13-12(16)10(7-17)14-11/h1,9-10,17H,6-7H2,(H,13,16)(H,14,15)/t9-,10+/m1/s1. The molecule has 0 unspecified atom stereocenters. The van der Waals surface area contributed by atoms with Crippen molar-refractivity contribution >= 4 is 24.4 Å². The first-order chi connectivity index (χ1) is 8.20. The highest BCUT2D eigenvalue weighted by atomic mass is 32.1. The number of amides is 2. The van der Waals surface area contributed by atoms with Gasteiger partial charge in [-0.1, -0.05) is 23.3 Å². The number of hydrogen-bond acceptors (Lipinski definition) is 3. The third-order valence-corrected chi connectivity index (χ3v) is 2.81. The van der Waals surface area contributed by atoms with Crippen molar-refractivity contribution in [2.24, 2.45) is 0 Å². The summed E-state index contributed by atoms with van der Waals surface area (Å²) in [5.41, 5.74) is 6.21. The summed E-state index contributed by atoms with van der Waals surface area (Å²) in [5, 5.41) is 5.26. The number of hydrogen-bond donors (Lipinski definition) is 3. The van der Waals surface area contributed by atoms with E-state index in [-0.39, 0.29) is 17.6 Å².